The number of carbonyl (C=O) groups is 3. The molecule has 0 unspecified atom stereocenters. The first-order chi connectivity index (χ1) is 12.5. The Morgan fingerprint density at radius 1 is 1.04 bits per heavy atom. The zero-order chi connectivity index (χ0) is 18.9. The van der Waals surface area contributed by atoms with Crippen molar-refractivity contribution in [3.05, 3.63) is 65.2 Å². The van der Waals surface area contributed by atoms with Gasteiger partial charge in [0.1, 0.15) is 0 Å². The van der Waals surface area contributed by atoms with Crippen molar-refractivity contribution < 1.29 is 19.1 Å². The molecule has 0 fully saturated rings. The molecule has 136 valence electrons. The fraction of sp³-hybridized carbons (Fsp3) is 0.250. The number of nitrogens with one attached hydrogen (secondary N) is 1. The van der Waals surface area contributed by atoms with Crippen LogP contribution in [0.1, 0.15) is 36.5 Å². The summed E-state index contributed by atoms with van der Waals surface area (Å²) < 4.78 is 5.14. The molecule has 0 aliphatic rings. The highest BCUT2D eigenvalue weighted by molar-refractivity contribution is 6.30. The Morgan fingerprint density at radius 3 is 2.46 bits per heavy atom. The molecule has 0 aliphatic carbocycles. The number of ether oxygens (including phenoxy) is 1. The Labute approximate surface area is 157 Å². The maximum atomic E-state index is 12.1. The molecule has 26 heavy (non-hydrogen) atoms. The molecular formula is C20H20ClNO4. The molecule has 5 nitrogen and oxygen atoms in total. The molecule has 1 atom stereocenters. The van der Waals surface area contributed by atoms with E-state index in [0.717, 1.165) is 0 Å². The Morgan fingerprint density at radius 2 is 1.77 bits per heavy atom. The molecule has 2 rings (SSSR count). The van der Waals surface area contributed by atoms with Crippen LogP contribution in [0.3, 0.4) is 0 Å². The largest absolute Gasteiger partial charge is 0.454 e. The van der Waals surface area contributed by atoms with Crippen molar-refractivity contribution in [3.8, 4) is 0 Å². The number of amides is 1. The molecule has 0 radical (unpaired) electrons. The van der Waals surface area contributed by atoms with Crippen molar-refractivity contribution >= 4 is 34.9 Å². The first-order valence-corrected chi connectivity index (χ1v) is 8.67. The molecule has 6 heteroatoms. The third kappa shape index (κ3) is 6.33. The van der Waals surface area contributed by atoms with Crippen LogP contribution in [0.25, 0.3) is 0 Å². The molecular weight excluding hydrogens is 354 g/mol. The van der Waals surface area contributed by atoms with E-state index in [0.29, 0.717) is 22.7 Å². The second-order valence-corrected chi connectivity index (χ2v) is 6.21. The smallest absolute Gasteiger partial charge is 0.306 e. The van der Waals surface area contributed by atoms with Crippen LogP contribution in [0.5, 0.6) is 0 Å². The number of rotatable bonds is 8. The lowest BCUT2D eigenvalue weighted by Crippen LogP contribution is -2.24. The number of anilines is 1. The first kappa shape index (κ1) is 19.7. The summed E-state index contributed by atoms with van der Waals surface area (Å²) in [5.41, 5.74) is 1.10. The maximum absolute atomic E-state index is 12.1. The van der Waals surface area contributed by atoms with Crippen molar-refractivity contribution in [2.45, 2.75) is 32.3 Å². The van der Waals surface area contributed by atoms with Gasteiger partial charge in [0.2, 0.25) is 11.7 Å². The third-order valence-electron chi connectivity index (χ3n) is 3.63. The standard InChI is InChI=1S/C20H20ClNO4/c1-14(20(25)15-7-3-2-4-8-15)26-19(24)12-6-11-18(23)22-17-10-5-9-16(21)13-17/h2-5,7-10,13-14H,6,11-12H2,1H3,(H,22,23)/t14-/m1/s1. The highest BCUT2D eigenvalue weighted by atomic mass is 35.5. The molecule has 0 saturated carbocycles. The van der Waals surface area contributed by atoms with Crippen LogP contribution in [-0.4, -0.2) is 23.8 Å². The van der Waals surface area contributed by atoms with Crippen LogP contribution in [0.4, 0.5) is 5.69 Å². The Hall–Kier alpha value is -2.66. The van der Waals surface area contributed by atoms with Gasteiger partial charge >= 0.3 is 5.97 Å². The number of carbonyl (C=O) groups excluding carboxylic acids is 3. The third-order valence-corrected chi connectivity index (χ3v) is 3.86. The second-order valence-electron chi connectivity index (χ2n) is 5.77. The van der Waals surface area contributed by atoms with Crippen molar-refractivity contribution in [2.24, 2.45) is 0 Å². The average Bonchev–Trinajstić information content (AvgIpc) is 2.61. The van der Waals surface area contributed by atoms with E-state index >= 15 is 0 Å². The summed E-state index contributed by atoms with van der Waals surface area (Å²) in [5.74, 6) is -0.969. The maximum Gasteiger partial charge on any atom is 0.306 e. The number of benzene rings is 2. The van der Waals surface area contributed by atoms with Gasteiger partial charge in [0.25, 0.3) is 0 Å². The van der Waals surface area contributed by atoms with Gasteiger partial charge in [-0.15, -0.1) is 0 Å². The van der Waals surface area contributed by atoms with Gasteiger partial charge < -0.3 is 10.1 Å². The number of hydrogen-bond donors (Lipinski definition) is 1. The SMILES string of the molecule is C[C@@H](OC(=O)CCCC(=O)Nc1cccc(Cl)c1)C(=O)c1ccccc1. The Balaban J connectivity index is 1.71. The van der Waals surface area contributed by atoms with E-state index in [1.165, 1.54) is 0 Å². The summed E-state index contributed by atoms with van der Waals surface area (Å²) >= 11 is 5.85. The normalized spacial score (nSPS) is 11.5. The lowest BCUT2D eigenvalue weighted by atomic mass is 10.1. The van der Waals surface area contributed by atoms with E-state index < -0.39 is 12.1 Å². The molecule has 0 saturated heterocycles. The fourth-order valence-corrected chi connectivity index (χ4v) is 2.52. The van der Waals surface area contributed by atoms with Gasteiger partial charge in [-0.05, 0) is 31.5 Å². The van der Waals surface area contributed by atoms with Gasteiger partial charge in [-0.3, -0.25) is 14.4 Å². The van der Waals surface area contributed by atoms with Gasteiger partial charge in [-0.1, -0.05) is 48.0 Å². The minimum atomic E-state index is -0.856. The number of esters is 1. The van der Waals surface area contributed by atoms with Crippen LogP contribution < -0.4 is 5.32 Å². The minimum Gasteiger partial charge on any atom is -0.454 e. The monoisotopic (exact) mass is 373 g/mol. The molecule has 2 aromatic carbocycles. The molecule has 2 aromatic rings. The van der Waals surface area contributed by atoms with Gasteiger partial charge in [0, 0.05) is 29.1 Å². The van der Waals surface area contributed by atoms with E-state index in [-0.39, 0.29) is 24.5 Å². The van der Waals surface area contributed by atoms with Crippen molar-refractivity contribution in [1.29, 1.82) is 0 Å². The van der Waals surface area contributed by atoms with Crippen molar-refractivity contribution in [1.82, 2.24) is 0 Å². The highest BCUT2D eigenvalue weighted by Gasteiger charge is 2.19. The molecule has 0 spiro atoms. The number of hydrogen-bond acceptors (Lipinski definition) is 4. The molecule has 0 aromatic heterocycles. The summed E-state index contributed by atoms with van der Waals surface area (Å²) in [7, 11) is 0. The Kier molecular flexibility index (Phi) is 7.36. The van der Waals surface area contributed by atoms with Gasteiger partial charge in [-0.2, -0.15) is 0 Å². The van der Waals surface area contributed by atoms with E-state index in [4.69, 9.17) is 16.3 Å². The van der Waals surface area contributed by atoms with Crippen LogP contribution in [-0.2, 0) is 14.3 Å². The molecule has 0 heterocycles. The summed E-state index contributed by atoms with van der Waals surface area (Å²) in [6, 6.07) is 15.5. The summed E-state index contributed by atoms with van der Waals surface area (Å²) in [6.45, 7) is 1.54. The lowest BCUT2D eigenvalue weighted by molar-refractivity contribution is -0.146. The van der Waals surface area contributed by atoms with Gasteiger partial charge in [0.05, 0.1) is 0 Å². The molecule has 1 N–H and O–H groups in total. The van der Waals surface area contributed by atoms with Crippen molar-refractivity contribution in [3.63, 3.8) is 0 Å². The van der Waals surface area contributed by atoms with Crippen molar-refractivity contribution in [2.75, 3.05) is 5.32 Å². The van der Waals surface area contributed by atoms with Gasteiger partial charge in [0.15, 0.2) is 6.10 Å². The van der Waals surface area contributed by atoms with Gasteiger partial charge in [-0.25, -0.2) is 0 Å². The summed E-state index contributed by atoms with van der Waals surface area (Å²) in [5, 5.41) is 3.24. The van der Waals surface area contributed by atoms with E-state index in [1.54, 1.807) is 55.5 Å². The summed E-state index contributed by atoms with van der Waals surface area (Å²) in [6.07, 6.45) is -0.291. The second kappa shape index (κ2) is 9.73. The molecule has 0 bridgehead atoms. The molecule has 1 amide bonds. The molecule has 0 aliphatic heterocycles. The number of Topliss-reactive ketones (excluding diaryl/α,β-unsaturated/α-hetero) is 1. The zero-order valence-corrected chi connectivity index (χ0v) is 15.2. The zero-order valence-electron chi connectivity index (χ0n) is 14.4. The number of halogens is 1. The lowest BCUT2D eigenvalue weighted by Gasteiger charge is -2.12. The topological polar surface area (TPSA) is 72.5 Å². The predicted molar refractivity (Wildman–Crippen MR) is 100 cm³/mol. The van der Waals surface area contributed by atoms with Crippen LogP contribution in [0, 0.1) is 0 Å². The number of ketones is 1. The minimum absolute atomic E-state index is 0.0649. The summed E-state index contributed by atoms with van der Waals surface area (Å²) in [4.78, 5) is 35.9. The predicted octanol–water partition coefficient (Wildman–Crippen LogP) is 4.26. The average molecular weight is 374 g/mol. The van der Waals surface area contributed by atoms with Crippen LogP contribution in [0.15, 0.2) is 54.6 Å². The van der Waals surface area contributed by atoms with Crippen LogP contribution in [0.2, 0.25) is 5.02 Å². The quantitative estimate of drug-likeness (QED) is 0.554. The first-order valence-electron chi connectivity index (χ1n) is 8.30. The fourth-order valence-electron chi connectivity index (χ4n) is 2.33. The van der Waals surface area contributed by atoms with Crippen LogP contribution >= 0.6 is 11.6 Å². The highest BCUT2D eigenvalue weighted by Crippen LogP contribution is 2.15. The van der Waals surface area contributed by atoms with E-state index in [2.05, 4.69) is 5.32 Å². The Bertz CT molecular complexity index is 776. The van der Waals surface area contributed by atoms with E-state index in [1.807, 2.05) is 6.07 Å². The van der Waals surface area contributed by atoms with E-state index in [9.17, 15) is 14.4 Å².